The van der Waals surface area contributed by atoms with E-state index in [1.54, 1.807) is 7.11 Å². The van der Waals surface area contributed by atoms with Gasteiger partial charge >= 0.3 is 0 Å². The van der Waals surface area contributed by atoms with Gasteiger partial charge in [0.1, 0.15) is 4.90 Å². The Balaban J connectivity index is 2.11. The van der Waals surface area contributed by atoms with Crippen molar-refractivity contribution in [3.8, 4) is 0 Å². The predicted octanol–water partition coefficient (Wildman–Crippen LogP) is 1.66. The third kappa shape index (κ3) is 6.31. The highest BCUT2D eigenvalue weighted by atomic mass is 35.5. The van der Waals surface area contributed by atoms with Crippen molar-refractivity contribution < 1.29 is 22.7 Å². The normalized spacial score (nSPS) is 14.0. The second-order valence-electron chi connectivity index (χ2n) is 6.52. The van der Waals surface area contributed by atoms with E-state index in [1.807, 2.05) is 0 Å². The number of rotatable bonds is 10. The van der Waals surface area contributed by atoms with Crippen LogP contribution in [-0.2, 0) is 19.6 Å². The number of nitrogens with one attached hydrogen (secondary N) is 2. The molecule has 2 N–H and O–H groups in total. The summed E-state index contributed by atoms with van der Waals surface area (Å²) in [6.45, 7) is 0.736. The average Bonchev–Trinajstić information content (AvgIpc) is 3.41. The van der Waals surface area contributed by atoms with Gasteiger partial charge in [-0.1, -0.05) is 23.2 Å². The van der Waals surface area contributed by atoms with Crippen molar-refractivity contribution in [3.05, 3.63) is 27.7 Å². The molecule has 1 aromatic carbocycles. The first-order valence-corrected chi connectivity index (χ1v) is 10.9. The maximum Gasteiger partial charge on any atom is 0.255 e. The van der Waals surface area contributed by atoms with Crippen LogP contribution in [0.15, 0.2) is 17.0 Å². The number of carbonyl (C=O) groups excluding carboxylic acids is 2. The Bertz CT molecular complexity index is 843. The van der Waals surface area contributed by atoms with Gasteiger partial charge in [0.15, 0.2) is 0 Å². The highest BCUT2D eigenvalue weighted by molar-refractivity contribution is 7.89. The molecule has 0 atom stereocenters. The Morgan fingerprint density at radius 2 is 1.93 bits per heavy atom. The highest BCUT2D eigenvalue weighted by Crippen LogP contribution is 2.31. The van der Waals surface area contributed by atoms with Crippen molar-refractivity contribution >= 4 is 45.0 Å². The van der Waals surface area contributed by atoms with Crippen LogP contribution in [0.3, 0.4) is 0 Å². The quantitative estimate of drug-likeness (QED) is 0.526. The zero-order valence-electron chi connectivity index (χ0n) is 15.6. The van der Waals surface area contributed by atoms with Crippen LogP contribution < -0.4 is 10.0 Å². The summed E-state index contributed by atoms with van der Waals surface area (Å²) in [5.41, 5.74) is -0.0445. The summed E-state index contributed by atoms with van der Waals surface area (Å²) >= 11 is 12.1. The van der Waals surface area contributed by atoms with Gasteiger partial charge in [0.25, 0.3) is 5.91 Å². The van der Waals surface area contributed by atoms with Crippen LogP contribution in [0, 0.1) is 0 Å². The van der Waals surface area contributed by atoms with Crippen LogP contribution in [0.2, 0.25) is 10.0 Å². The summed E-state index contributed by atoms with van der Waals surface area (Å²) in [6.07, 6.45) is 2.18. The molecule has 11 heteroatoms. The van der Waals surface area contributed by atoms with Crippen LogP contribution in [-0.4, -0.2) is 65.0 Å². The fraction of sp³-hybridized carbons (Fsp3) is 0.529. The molecule has 28 heavy (non-hydrogen) atoms. The number of benzene rings is 1. The molecule has 2 rings (SSSR count). The number of halogens is 2. The van der Waals surface area contributed by atoms with Gasteiger partial charge in [0.05, 0.1) is 22.2 Å². The molecule has 0 unspecified atom stereocenters. The standard InChI is InChI=1S/C17H23Cl2N3O5S/c1-22(10-16(23)20-6-3-7-27-2)17(24)12-8-15(14(19)9-13(12)18)28(25,26)21-11-4-5-11/h8-9,11,21H,3-7,10H2,1-2H3,(H,20,23). The third-order valence-electron chi connectivity index (χ3n) is 4.02. The molecule has 2 amide bonds. The average molecular weight is 452 g/mol. The summed E-state index contributed by atoms with van der Waals surface area (Å²) in [6, 6.07) is 2.25. The van der Waals surface area contributed by atoms with Gasteiger partial charge < -0.3 is 15.0 Å². The monoisotopic (exact) mass is 451 g/mol. The summed E-state index contributed by atoms with van der Waals surface area (Å²) in [7, 11) is -0.872. The molecule has 1 fully saturated rings. The van der Waals surface area contributed by atoms with Gasteiger partial charge in [-0.15, -0.1) is 0 Å². The van der Waals surface area contributed by atoms with Crippen LogP contribution in [0.4, 0.5) is 0 Å². The number of hydrogen-bond donors (Lipinski definition) is 2. The van der Waals surface area contributed by atoms with E-state index in [4.69, 9.17) is 27.9 Å². The van der Waals surface area contributed by atoms with E-state index in [9.17, 15) is 18.0 Å². The Kier molecular flexibility index (Phi) is 8.08. The molecule has 0 saturated heterocycles. The minimum absolute atomic E-state index is 0.00715. The highest BCUT2D eigenvalue weighted by Gasteiger charge is 2.30. The lowest BCUT2D eigenvalue weighted by Gasteiger charge is -2.18. The molecule has 0 heterocycles. The first-order valence-electron chi connectivity index (χ1n) is 8.68. The minimum atomic E-state index is -3.87. The second kappa shape index (κ2) is 9.89. The van der Waals surface area contributed by atoms with Crippen LogP contribution in [0.25, 0.3) is 0 Å². The van der Waals surface area contributed by atoms with E-state index in [2.05, 4.69) is 10.0 Å². The molecule has 1 saturated carbocycles. The number of sulfonamides is 1. The predicted molar refractivity (Wildman–Crippen MR) is 106 cm³/mol. The van der Waals surface area contributed by atoms with Crippen molar-refractivity contribution in [1.82, 2.24) is 14.9 Å². The van der Waals surface area contributed by atoms with Gasteiger partial charge in [-0.05, 0) is 31.4 Å². The zero-order valence-corrected chi connectivity index (χ0v) is 18.0. The number of methoxy groups -OCH3 is 1. The van der Waals surface area contributed by atoms with Crippen molar-refractivity contribution in [2.24, 2.45) is 0 Å². The molecule has 1 aromatic rings. The van der Waals surface area contributed by atoms with E-state index in [0.717, 1.165) is 23.8 Å². The Labute approximate surface area is 174 Å². The van der Waals surface area contributed by atoms with E-state index in [1.165, 1.54) is 13.1 Å². The van der Waals surface area contributed by atoms with Gasteiger partial charge in [0.2, 0.25) is 15.9 Å². The minimum Gasteiger partial charge on any atom is -0.385 e. The maximum atomic E-state index is 12.7. The van der Waals surface area contributed by atoms with Gasteiger partial charge in [0, 0.05) is 33.4 Å². The number of nitrogens with zero attached hydrogens (tertiary/aromatic N) is 1. The van der Waals surface area contributed by atoms with Gasteiger partial charge in [-0.3, -0.25) is 9.59 Å². The molecule has 1 aliphatic carbocycles. The molecule has 8 nitrogen and oxygen atoms in total. The fourth-order valence-corrected chi connectivity index (χ4v) is 4.53. The Morgan fingerprint density at radius 1 is 1.25 bits per heavy atom. The second-order valence-corrected chi connectivity index (χ2v) is 9.01. The van der Waals surface area contributed by atoms with Gasteiger partial charge in [-0.25, -0.2) is 13.1 Å². The van der Waals surface area contributed by atoms with Crippen molar-refractivity contribution in [1.29, 1.82) is 0 Å². The molecule has 156 valence electrons. The van der Waals surface area contributed by atoms with Crippen molar-refractivity contribution in [2.45, 2.75) is 30.2 Å². The molecule has 0 spiro atoms. The lowest BCUT2D eigenvalue weighted by Crippen LogP contribution is -2.39. The summed E-state index contributed by atoms with van der Waals surface area (Å²) in [4.78, 5) is 25.6. The number of hydrogen-bond acceptors (Lipinski definition) is 5. The van der Waals surface area contributed by atoms with E-state index in [0.29, 0.717) is 19.6 Å². The first-order chi connectivity index (χ1) is 13.2. The lowest BCUT2D eigenvalue weighted by atomic mass is 10.2. The zero-order chi connectivity index (χ0) is 20.9. The molecule has 0 aliphatic heterocycles. The smallest absolute Gasteiger partial charge is 0.255 e. The third-order valence-corrected chi connectivity index (χ3v) is 6.31. The lowest BCUT2D eigenvalue weighted by molar-refractivity contribution is -0.121. The topological polar surface area (TPSA) is 105 Å². The number of carbonyl (C=O) groups is 2. The fourth-order valence-electron chi connectivity index (χ4n) is 2.38. The molecule has 0 aromatic heterocycles. The molecular weight excluding hydrogens is 429 g/mol. The van der Waals surface area contributed by atoms with Crippen molar-refractivity contribution in [2.75, 3.05) is 33.9 Å². The number of amides is 2. The van der Waals surface area contributed by atoms with Gasteiger partial charge in [-0.2, -0.15) is 0 Å². The molecule has 1 aliphatic rings. The molecule has 0 bridgehead atoms. The van der Waals surface area contributed by atoms with Crippen LogP contribution >= 0.6 is 23.2 Å². The summed E-state index contributed by atoms with van der Waals surface area (Å²) < 4.78 is 32.3. The molecule has 0 radical (unpaired) electrons. The summed E-state index contributed by atoms with van der Waals surface area (Å²) in [5, 5.41) is 2.60. The Morgan fingerprint density at radius 3 is 2.54 bits per heavy atom. The molecular formula is C17H23Cl2N3O5S. The SMILES string of the molecule is COCCCNC(=O)CN(C)C(=O)c1cc(S(=O)(=O)NC2CC2)c(Cl)cc1Cl. The van der Waals surface area contributed by atoms with Crippen LogP contribution in [0.1, 0.15) is 29.6 Å². The summed E-state index contributed by atoms with van der Waals surface area (Å²) in [5.74, 6) is -0.933. The van der Waals surface area contributed by atoms with E-state index >= 15 is 0 Å². The van der Waals surface area contributed by atoms with E-state index in [-0.39, 0.29) is 39.0 Å². The Hall–Kier alpha value is -1.39. The van der Waals surface area contributed by atoms with Crippen LogP contribution in [0.5, 0.6) is 0 Å². The number of likely N-dealkylation sites (N-methyl/N-ethyl adjacent to an activating group) is 1. The maximum absolute atomic E-state index is 12.7. The van der Waals surface area contributed by atoms with E-state index < -0.39 is 15.9 Å². The van der Waals surface area contributed by atoms with Crippen molar-refractivity contribution in [3.63, 3.8) is 0 Å². The number of ether oxygens (including phenoxy) is 1. The largest absolute Gasteiger partial charge is 0.385 e. The first kappa shape index (κ1) is 22.9.